The number of likely N-dealkylation sites (tertiary alicyclic amines) is 1. The minimum Gasteiger partial charge on any atom is -0.388 e. The molecule has 2 aliphatic rings. The highest BCUT2D eigenvalue weighted by Gasteiger charge is 2.55. The Bertz CT molecular complexity index is 195. The first kappa shape index (κ1) is 9.44. The van der Waals surface area contributed by atoms with Crippen LogP contribution in [0.5, 0.6) is 0 Å². The van der Waals surface area contributed by atoms with E-state index in [9.17, 15) is 5.11 Å². The van der Waals surface area contributed by atoms with Gasteiger partial charge in [0, 0.05) is 19.6 Å². The summed E-state index contributed by atoms with van der Waals surface area (Å²) >= 11 is 0. The first-order chi connectivity index (χ1) is 6.10. The summed E-state index contributed by atoms with van der Waals surface area (Å²) in [5.41, 5.74) is -0.287. The van der Waals surface area contributed by atoms with E-state index in [1.807, 2.05) is 0 Å². The number of nitrogens with zero attached hydrogens (tertiary/aromatic N) is 2. The van der Waals surface area contributed by atoms with Gasteiger partial charge in [-0.05, 0) is 39.4 Å². The molecule has 13 heavy (non-hydrogen) atoms. The van der Waals surface area contributed by atoms with Crippen LogP contribution in [0.2, 0.25) is 0 Å². The Morgan fingerprint density at radius 3 is 2.92 bits per heavy atom. The molecule has 2 rings (SSSR count). The Balaban J connectivity index is 1.75. The van der Waals surface area contributed by atoms with Gasteiger partial charge >= 0.3 is 0 Å². The van der Waals surface area contributed by atoms with Crippen LogP contribution < -0.4 is 0 Å². The molecule has 0 radical (unpaired) electrons. The van der Waals surface area contributed by atoms with Crippen LogP contribution in [0.15, 0.2) is 0 Å². The summed E-state index contributed by atoms with van der Waals surface area (Å²) < 4.78 is 0. The van der Waals surface area contributed by atoms with E-state index in [-0.39, 0.29) is 5.60 Å². The monoisotopic (exact) mass is 184 g/mol. The van der Waals surface area contributed by atoms with Crippen molar-refractivity contribution in [2.24, 2.45) is 5.92 Å². The zero-order valence-electron chi connectivity index (χ0n) is 8.66. The molecule has 1 saturated carbocycles. The molecule has 0 aromatic carbocycles. The molecular formula is C10H20N2O. The van der Waals surface area contributed by atoms with E-state index in [1.165, 1.54) is 13.0 Å². The standard InChI is InChI=1S/C10H20N2O/c1-11(2)5-6-12-4-3-9-7-10(9,13)8-12/h9,13H,3-8H2,1-2H3/t9-,10+/m1/s1. The van der Waals surface area contributed by atoms with Gasteiger partial charge in [0.05, 0.1) is 5.60 Å². The van der Waals surface area contributed by atoms with Crippen molar-refractivity contribution in [3.63, 3.8) is 0 Å². The molecule has 1 N–H and O–H groups in total. The first-order valence-corrected chi connectivity index (χ1v) is 5.20. The van der Waals surface area contributed by atoms with Gasteiger partial charge in [-0.3, -0.25) is 4.90 Å². The van der Waals surface area contributed by atoms with Crippen LogP contribution >= 0.6 is 0 Å². The van der Waals surface area contributed by atoms with Gasteiger partial charge in [0.25, 0.3) is 0 Å². The molecule has 2 atom stereocenters. The molecule has 0 aromatic heterocycles. The Morgan fingerprint density at radius 1 is 1.54 bits per heavy atom. The first-order valence-electron chi connectivity index (χ1n) is 5.20. The number of piperidine rings is 1. The number of β-amino-alcohol motifs (C(OH)–C–C–N with tert-alkyl or cyclic N) is 1. The molecule has 1 saturated heterocycles. The molecular weight excluding hydrogens is 164 g/mol. The quantitative estimate of drug-likeness (QED) is 0.669. The fourth-order valence-electron chi connectivity index (χ4n) is 2.27. The number of hydrogen-bond acceptors (Lipinski definition) is 3. The maximum Gasteiger partial charge on any atom is 0.0807 e. The van der Waals surface area contributed by atoms with Crippen LogP contribution in [0.4, 0.5) is 0 Å². The van der Waals surface area contributed by atoms with Gasteiger partial charge in [0.1, 0.15) is 0 Å². The average Bonchev–Trinajstić information content (AvgIpc) is 2.71. The van der Waals surface area contributed by atoms with Crippen molar-refractivity contribution in [1.82, 2.24) is 9.80 Å². The van der Waals surface area contributed by atoms with E-state index in [2.05, 4.69) is 23.9 Å². The summed E-state index contributed by atoms with van der Waals surface area (Å²) in [7, 11) is 4.19. The van der Waals surface area contributed by atoms with E-state index in [0.29, 0.717) is 5.92 Å². The smallest absolute Gasteiger partial charge is 0.0807 e. The molecule has 0 unspecified atom stereocenters. The molecule has 0 aromatic rings. The summed E-state index contributed by atoms with van der Waals surface area (Å²) in [4.78, 5) is 4.59. The van der Waals surface area contributed by atoms with E-state index in [0.717, 1.165) is 26.1 Å². The lowest BCUT2D eigenvalue weighted by atomic mass is 10.1. The van der Waals surface area contributed by atoms with Crippen LogP contribution in [-0.4, -0.2) is 60.8 Å². The molecule has 0 amide bonds. The fourth-order valence-corrected chi connectivity index (χ4v) is 2.27. The zero-order chi connectivity index (χ0) is 9.47. The van der Waals surface area contributed by atoms with Crippen LogP contribution in [-0.2, 0) is 0 Å². The van der Waals surface area contributed by atoms with E-state index >= 15 is 0 Å². The van der Waals surface area contributed by atoms with Crippen LogP contribution in [0.25, 0.3) is 0 Å². The number of aliphatic hydroxyl groups is 1. The van der Waals surface area contributed by atoms with Gasteiger partial charge < -0.3 is 10.0 Å². The Morgan fingerprint density at radius 2 is 2.31 bits per heavy atom. The van der Waals surface area contributed by atoms with Crippen molar-refractivity contribution in [3.8, 4) is 0 Å². The summed E-state index contributed by atoms with van der Waals surface area (Å²) in [6.07, 6.45) is 2.25. The van der Waals surface area contributed by atoms with Gasteiger partial charge in [-0.2, -0.15) is 0 Å². The van der Waals surface area contributed by atoms with Crippen molar-refractivity contribution in [3.05, 3.63) is 0 Å². The third-order valence-corrected chi connectivity index (χ3v) is 3.35. The molecule has 1 aliphatic heterocycles. The fraction of sp³-hybridized carbons (Fsp3) is 1.00. The Hall–Kier alpha value is -0.120. The highest BCUT2D eigenvalue weighted by Crippen LogP contribution is 2.48. The number of fused-ring (bicyclic) bond motifs is 1. The van der Waals surface area contributed by atoms with Crippen molar-refractivity contribution in [2.75, 3.05) is 40.3 Å². The summed E-state index contributed by atoms with van der Waals surface area (Å²) in [6, 6.07) is 0. The van der Waals surface area contributed by atoms with E-state index in [4.69, 9.17) is 0 Å². The molecule has 3 heteroatoms. The van der Waals surface area contributed by atoms with Crippen molar-refractivity contribution < 1.29 is 5.11 Å². The van der Waals surface area contributed by atoms with Crippen LogP contribution in [0, 0.1) is 5.92 Å². The number of likely N-dealkylation sites (N-methyl/N-ethyl adjacent to an activating group) is 1. The Kier molecular flexibility index (Phi) is 2.34. The highest BCUT2D eigenvalue weighted by molar-refractivity contribution is 5.08. The lowest BCUT2D eigenvalue weighted by Gasteiger charge is -2.30. The summed E-state index contributed by atoms with van der Waals surface area (Å²) in [5.74, 6) is 0.628. The predicted octanol–water partition coefficient (Wildman–Crippen LogP) is 0.00470. The van der Waals surface area contributed by atoms with Crippen molar-refractivity contribution in [2.45, 2.75) is 18.4 Å². The lowest BCUT2D eigenvalue weighted by molar-refractivity contribution is 0.0477. The Labute approximate surface area is 80.3 Å². The van der Waals surface area contributed by atoms with Gasteiger partial charge in [0.2, 0.25) is 0 Å². The van der Waals surface area contributed by atoms with Crippen LogP contribution in [0.3, 0.4) is 0 Å². The topological polar surface area (TPSA) is 26.7 Å². The number of rotatable bonds is 3. The molecule has 2 fully saturated rings. The third-order valence-electron chi connectivity index (χ3n) is 3.35. The van der Waals surface area contributed by atoms with E-state index < -0.39 is 0 Å². The second kappa shape index (κ2) is 3.23. The molecule has 1 heterocycles. The lowest BCUT2D eigenvalue weighted by Crippen LogP contribution is -2.43. The highest BCUT2D eigenvalue weighted by atomic mass is 16.3. The maximum atomic E-state index is 9.93. The van der Waals surface area contributed by atoms with Gasteiger partial charge in [0.15, 0.2) is 0 Å². The summed E-state index contributed by atoms with van der Waals surface area (Å²) in [5, 5.41) is 9.93. The number of hydrogen-bond donors (Lipinski definition) is 1. The largest absolute Gasteiger partial charge is 0.388 e. The molecule has 76 valence electrons. The SMILES string of the molecule is CN(C)CCN1CC[C@@H]2C[C@]2(O)C1. The maximum absolute atomic E-state index is 9.93. The van der Waals surface area contributed by atoms with Gasteiger partial charge in [-0.1, -0.05) is 0 Å². The minimum atomic E-state index is -0.287. The third kappa shape index (κ3) is 2.03. The molecule has 1 aliphatic carbocycles. The summed E-state index contributed by atoms with van der Waals surface area (Å²) in [6.45, 7) is 4.29. The normalized spacial score (nSPS) is 39.2. The van der Waals surface area contributed by atoms with Gasteiger partial charge in [-0.25, -0.2) is 0 Å². The average molecular weight is 184 g/mol. The van der Waals surface area contributed by atoms with Gasteiger partial charge in [-0.15, -0.1) is 0 Å². The van der Waals surface area contributed by atoms with Crippen molar-refractivity contribution in [1.29, 1.82) is 0 Å². The molecule has 0 spiro atoms. The van der Waals surface area contributed by atoms with Crippen LogP contribution in [0.1, 0.15) is 12.8 Å². The van der Waals surface area contributed by atoms with Crippen molar-refractivity contribution >= 4 is 0 Å². The molecule has 3 nitrogen and oxygen atoms in total. The predicted molar refractivity (Wildman–Crippen MR) is 52.7 cm³/mol. The second-order valence-corrected chi connectivity index (χ2v) is 4.87. The second-order valence-electron chi connectivity index (χ2n) is 4.87. The zero-order valence-corrected chi connectivity index (χ0v) is 8.66. The molecule has 0 bridgehead atoms. The minimum absolute atomic E-state index is 0.287. The van der Waals surface area contributed by atoms with E-state index in [1.54, 1.807) is 0 Å².